The quantitative estimate of drug-likeness (QED) is 0.168. The molecule has 0 aliphatic heterocycles. The molecule has 13 aromatic rings. The van der Waals surface area contributed by atoms with Gasteiger partial charge in [-0.05, 0) is 72.3 Å². The molecule has 4 heterocycles. The van der Waals surface area contributed by atoms with E-state index < -0.39 is 0 Å². The Labute approximate surface area is 355 Å². The van der Waals surface area contributed by atoms with Crippen LogP contribution in [0.1, 0.15) is 0 Å². The summed E-state index contributed by atoms with van der Waals surface area (Å²) in [5.41, 5.74) is 13.7. The third kappa shape index (κ3) is 5.17. The van der Waals surface area contributed by atoms with Gasteiger partial charge in [-0.1, -0.05) is 146 Å². The van der Waals surface area contributed by atoms with Crippen LogP contribution < -0.4 is 0 Å². The topological polar surface area (TPSA) is 53.7 Å². The van der Waals surface area contributed by atoms with E-state index in [9.17, 15) is 0 Å². The predicted octanol–water partition coefficient (Wildman–Crippen LogP) is 14.4. The van der Waals surface area contributed by atoms with Gasteiger partial charge in [0.1, 0.15) is 11.2 Å². The Balaban J connectivity index is 1.01. The van der Waals surface area contributed by atoms with E-state index in [1.54, 1.807) is 0 Å². The number of aromatic nitrogens is 5. The fourth-order valence-corrected chi connectivity index (χ4v) is 9.63. The lowest BCUT2D eigenvalue weighted by atomic mass is 10.0. The summed E-state index contributed by atoms with van der Waals surface area (Å²) in [7, 11) is 0. The van der Waals surface area contributed by atoms with Crippen LogP contribution in [0.3, 0.4) is 0 Å². The molecule has 0 atom stereocenters. The molecule has 0 N–H and O–H groups in total. The molecular formula is C56H35N5O. The molecule has 13 rings (SSSR count). The van der Waals surface area contributed by atoms with Gasteiger partial charge in [-0.3, -0.25) is 4.57 Å². The van der Waals surface area contributed by atoms with Gasteiger partial charge in [0, 0.05) is 60.4 Å². The number of nitrogens with zero attached hydrogens (tertiary/aromatic N) is 5. The molecule has 0 saturated heterocycles. The van der Waals surface area contributed by atoms with E-state index in [0.717, 1.165) is 100 Å². The number of benzene rings is 9. The first-order valence-electron chi connectivity index (χ1n) is 20.9. The average molecular weight is 794 g/mol. The van der Waals surface area contributed by atoms with E-state index in [4.69, 9.17) is 14.6 Å². The average Bonchev–Trinajstić information content (AvgIpc) is 4.11. The second-order valence-electron chi connectivity index (χ2n) is 15.9. The highest BCUT2D eigenvalue weighted by Gasteiger charge is 2.22. The number of furan rings is 1. The molecule has 9 aromatic carbocycles. The maximum atomic E-state index is 6.37. The lowest BCUT2D eigenvalue weighted by molar-refractivity contribution is 0.669. The van der Waals surface area contributed by atoms with Gasteiger partial charge in [-0.15, -0.1) is 10.2 Å². The molecule has 0 aliphatic carbocycles. The Morgan fingerprint density at radius 1 is 0.306 bits per heavy atom. The molecule has 0 radical (unpaired) electrons. The molecule has 0 bridgehead atoms. The molecule has 290 valence electrons. The second kappa shape index (κ2) is 13.5. The van der Waals surface area contributed by atoms with Crippen molar-refractivity contribution in [1.82, 2.24) is 23.9 Å². The maximum Gasteiger partial charge on any atom is 0.168 e. The summed E-state index contributed by atoms with van der Waals surface area (Å²) in [5, 5.41) is 16.6. The van der Waals surface area contributed by atoms with Gasteiger partial charge in [0.05, 0.1) is 27.8 Å². The zero-order chi connectivity index (χ0) is 40.7. The third-order valence-electron chi connectivity index (χ3n) is 12.4. The van der Waals surface area contributed by atoms with Crippen LogP contribution in [0, 0.1) is 0 Å². The Hall–Kier alpha value is -8.48. The molecule has 0 fully saturated rings. The minimum Gasteiger partial charge on any atom is -0.456 e. The lowest BCUT2D eigenvalue weighted by Gasteiger charge is -2.16. The number of para-hydroxylation sites is 5. The van der Waals surface area contributed by atoms with Crippen molar-refractivity contribution in [2.45, 2.75) is 0 Å². The van der Waals surface area contributed by atoms with Crippen molar-refractivity contribution in [3.8, 4) is 51.0 Å². The van der Waals surface area contributed by atoms with E-state index in [1.807, 2.05) is 36.4 Å². The highest BCUT2D eigenvalue weighted by Crippen LogP contribution is 2.41. The van der Waals surface area contributed by atoms with Crippen molar-refractivity contribution in [3.63, 3.8) is 0 Å². The van der Waals surface area contributed by atoms with Crippen molar-refractivity contribution in [2.24, 2.45) is 0 Å². The summed E-state index contributed by atoms with van der Waals surface area (Å²) in [6.45, 7) is 0. The van der Waals surface area contributed by atoms with Crippen molar-refractivity contribution in [1.29, 1.82) is 0 Å². The lowest BCUT2D eigenvalue weighted by Crippen LogP contribution is -2.01. The van der Waals surface area contributed by atoms with Gasteiger partial charge in [0.2, 0.25) is 0 Å². The van der Waals surface area contributed by atoms with Crippen LogP contribution in [0.15, 0.2) is 217 Å². The standard InChI is InChI=1S/C56H35N5O/c1-3-16-36(17-4-1)55-57-58-56(60(55)39-19-5-2-6-20-39)38-30-31-44-42-23-8-13-28-50(42)61(51(44)33-38)48-26-11-7-22-41(48)37-18-15-21-40(32-37)59-49-27-12-9-24-43(49)46-35-54-47(34-52(46)59)45-25-10-14-29-53(45)62-54/h1-35H. The highest BCUT2D eigenvalue weighted by atomic mass is 16.3. The summed E-state index contributed by atoms with van der Waals surface area (Å²) in [4.78, 5) is 0. The van der Waals surface area contributed by atoms with Crippen molar-refractivity contribution in [2.75, 3.05) is 0 Å². The van der Waals surface area contributed by atoms with E-state index in [-0.39, 0.29) is 0 Å². The number of fused-ring (bicyclic) bond motifs is 9. The summed E-state index contributed by atoms with van der Waals surface area (Å²) < 4.78 is 13.3. The molecule has 0 spiro atoms. The summed E-state index contributed by atoms with van der Waals surface area (Å²) >= 11 is 0. The fourth-order valence-electron chi connectivity index (χ4n) is 9.63. The Morgan fingerprint density at radius 2 is 0.903 bits per heavy atom. The van der Waals surface area contributed by atoms with Crippen LogP contribution in [0.4, 0.5) is 0 Å². The molecule has 6 heteroatoms. The van der Waals surface area contributed by atoms with Crippen LogP contribution >= 0.6 is 0 Å². The first kappa shape index (κ1) is 34.4. The molecule has 0 aliphatic rings. The van der Waals surface area contributed by atoms with E-state index in [2.05, 4.69) is 190 Å². The molecule has 62 heavy (non-hydrogen) atoms. The molecule has 4 aromatic heterocycles. The first-order valence-corrected chi connectivity index (χ1v) is 20.9. The van der Waals surface area contributed by atoms with Gasteiger partial charge in [-0.25, -0.2) is 0 Å². The van der Waals surface area contributed by atoms with Crippen LogP contribution in [0.2, 0.25) is 0 Å². The van der Waals surface area contributed by atoms with Crippen molar-refractivity contribution < 1.29 is 4.42 Å². The molecule has 0 unspecified atom stereocenters. The first-order chi connectivity index (χ1) is 30.8. The summed E-state index contributed by atoms with van der Waals surface area (Å²) in [5.74, 6) is 1.57. The van der Waals surface area contributed by atoms with E-state index in [0.29, 0.717) is 0 Å². The molecule has 6 nitrogen and oxygen atoms in total. The minimum atomic E-state index is 0.779. The summed E-state index contributed by atoms with van der Waals surface area (Å²) in [6.07, 6.45) is 0. The Bertz CT molecular complexity index is 3870. The molecule has 0 amide bonds. The second-order valence-corrected chi connectivity index (χ2v) is 15.9. The largest absolute Gasteiger partial charge is 0.456 e. The Kier molecular flexibility index (Phi) is 7.50. The van der Waals surface area contributed by atoms with E-state index in [1.165, 1.54) is 16.2 Å². The monoisotopic (exact) mass is 793 g/mol. The van der Waals surface area contributed by atoms with Gasteiger partial charge in [0.15, 0.2) is 11.6 Å². The van der Waals surface area contributed by atoms with Gasteiger partial charge < -0.3 is 13.6 Å². The predicted molar refractivity (Wildman–Crippen MR) is 254 cm³/mol. The van der Waals surface area contributed by atoms with Gasteiger partial charge in [-0.2, -0.15) is 0 Å². The summed E-state index contributed by atoms with van der Waals surface area (Å²) in [6, 6.07) is 75.2. The number of hydrogen-bond acceptors (Lipinski definition) is 3. The maximum absolute atomic E-state index is 6.37. The fraction of sp³-hybridized carbons (Fsp3) is 0. The third-order valence-corrected chi connectivity index (χ3v) is 12.4. The number of rotatable bonds is 6. The zero-order valence-corrected chi connectivity index (χ0v) is 33.4. The van der Waals surface area contributed by atoms with Gasteiger partial charge >= 0.3 is 0 Å². The van der Waals surface area contributed by atoms with Crippen LogP contribution in [-0.4, -0.2) is 23.9 Å². The normalized spacial score (nSPS) is 11.9. The van der Waals surface area contributed by atoms with Crippen LogP contribution in [0.25, 0.3) is 117 Å². The van der Waals surface area contributed by atoms with Crippen LogP contribution in [0.5, 0.6) is 0 Å². The van der Waals surface area contributed by atoms with Crippen molar-refractivity contribution >= 4 is 65.6 Å². The smallest absolute Gasteiger partial charge is 0.168 e. The molecule has 0 saturated carbocycles. The van der Waals surface area contributed by atoms with Crippen molar-refractivity contribution in [3.05, 3.63) is 212 Å². The van der Waals surface area contributed by atoms with E-state index >= 15 is 0 Å². The Morgan fingerprint density at radius 3 is 1.73 bits per heavy atom. The zero-order valence-electron chi connectivity index (χ0n) is 33.4. The number of hydrogen-bond donors (Lipinski definition) is 0. The SMILES string of the molecule is c1ccc(-c2nnc(-c3ccc4c5ccccc5n(-c5ccccc5-c5cccc(-n6c7ccccc7c7cc8oc9ccccc9c8cc76)c5)c4c3)n2-c2ccccc2)cc1. The molecular weight excluding hydrogens is 759 g/mol. The van der Waals surface area contributed by atoms with Gasteiger partial charge in [0.25, 0.3) is 0 Å². The van der Waals surface area contributed by atoms with Crippen LogP contribution in [-0.2, 0) is 0 Å². The highest BCUT2D eigenvalue weighted by molar-refractivity contribution is 6.17. The minimum absolute atomic E-state index is 0.779.